The van der Waals surface area contributed by atoms with Crippen molar-refractivity contribution in [1.82, 2.24) is 20.1 Å². The van der Waals surface area contributed by atoms with Gasteiger partial charge in [-0.1, -0.05) is 0 Å². The standard InChI is InChI=1S/C14H20N4O3/c1-10-7-11(12(19)8-16-10)14(21)18-5-3-17(4-6-18)9-13(20)15-2/h7-8,19H,3-6,9H2,1-2H3,(H,15,20). The molecule has 114 valence electrons. The smallest absolute Gasteiger partial charge is 0.257 e. The average molecular weight is 292 g/mol. The van der Waals surface area contributed by atoms with Gasteiger partial charge in [0.1, 0.15) is 5.75 Å². The SMILES string of the molecule is CNC(=O)CN1CCN(C(=O)c2cc(C)ncc2O)CC1. The summed E-state index contributed by atoms with van der Waals surface area (Å²) < 4.78 is 0. The van der Waals surface area contributed by atoms with Gasteiger partial charge in [0.05, 0.1) is 18.3 Å². The summed E-state index contributed by atoms with van der Waals surface area (Å²) in [7, 11) is 1.61. The molecule has 0 atom stereocenters. The van der Waals surface area contributed by atoms with Crippen LogP contribution in [0, 0.1) is 6.92 Å². The molecule has 0 saturated carbocycles. The monoisotopic (exact) mass is 292 g/mol. The maximum absolute atomic E-state index is 12.4. The zero-order valence-electron chi connectivity index (χ0n) is 12.3. The van der Waals surface area contributed by atoms with Gasteiger partial charge in [0.15, 0.2) is 0 Å². The average Bonchev–Trinajstić information content (AvgIpc) is 2.49. The van der Waals surface area contributed by atoms with E-state index in [0.29, 0.717) is 38.4 Å². The number of pyridine rings is 1. The number of likely N-dealkylation sites (N-methyl/N-ethyl adjacent to an activating group) is 1. The summed E-state index contributed by atoms with van der Waals surface area (Å²) in [5, 5.41) is 12.4. The van der Waals surface area contributed by atoms with Gasteiger partial charge in [0.25, 0.3) is 5.91 Å². The van der Waals surface area contributed by atoms with E-state index in [2.05, 4.69) is 10.3 Å². The molecule has 21 heavy (non-hydrogen) atoms. The number of rotatable bonds is 3. The van der Waals surface area contributed by atoms with E-state index in [1.807, 2.05) is 4.90 Å². The summed E-state index contributed by atoms with van der Waals surface area (Å²) in [5.41, 5.74) is 0.969. The summed E-state index contributed by atoms with van der Waals surface area (Å²) in [4.78, 5) is 31.4. The van der Waals surface area contributed by atoms with Crippen molar-refractivity contribution in [1.29, 1.82) is 0 Å². The summed E-state index contributed by atoms with van der Waals surface area (Å²) in [6.45, 7) is 4.48. The summed E-state index contributed by atoms with van der Waals surface area (Å²) in [5.74, 6) is -0.326. The number of aromatic hydroxyl groups is 1. The van der Waals surface area contributed by atoms with Gasteiger partial charge >= 0.3 is 0 Å². The fourth-order valence-electron chi connectivity index (χ4n) is 2.29. The van der Waals surface area contributed by atoms with Crippen molar-refractivity contribution in [2.24, 2.45) is 0 Å². The number of amides is 2. The number of nitrogens with zero attached hydrogens (tertiary/aromatic N) is 3. The molecule has 1 fully saturated rings. The Labute approximate surface area is 123 Å². The highest BCUT2D eigenvalue weighted by Crippen LogP contribution is 2.19. The molecule has 1 aromatic rings. The van der Waals surface area contributed by atoms with E-state index >= 15 is 0 Å². The molecule has 0 aliphatic carbocycles. The van der Waals surface area contributed by atoms with E-state index in [1.54, 1.807) is 24.9 Å². The third-order valence-corrected chi connectivity index (χ3v) is 3.56. The molecular weight excluding hydrogens is 272 g/mol. The molecule has 7 nitrogen and oxygen atoms in total. The van der Waals surface area contributed by atoms with E-state index < -0.39 is 0 Å². The van der Waals surface area contributed by atoms with Crippen LogP contribution in [-0.2, 0) is 4.79 Å². The first-order valence-electron chi connectivity index (χ1n) is 6.89. The Morgan fingerprint density at radius 1 is 1.33 bits per heavy atom. The molecule has 0 spiro atoms. The first-order chi connectivity index (χ1) is 10.0. The molecule has 0 unspecified atom stereocenters. The molecule has 2 heterocycles. The number of hydrogen-bond donors (Lipinski definition) is 2. The highest BCUT2D eigenvalue weighted by molar-refractivity contribution is 5.96. The van der Waals surface area contributed by atoms with Crippen LogP contribution in [0.1, 0.15) is 16.1 Å². The Bertz CT molecular complexity index is 539. The fraction of sp³-hybridized carbons (Fsp3) is 0.500. The summed E-state index contributed by atoms with van der Waals surface area (Å²) in [6.07, 6.45) is 1.30. The third-order valence-electron chi connectivity index (χ3n) is 3.56. The number of piperazine rings is 1. The van der Waals surface area contributed by atoms with Crippen LogP contribution >= 0.6 is 0 Å². The largest absolute Gasteiger partial charge is 0.505 e. The molecule has 0 aromatic carbocycles. The molecule has 1 saturated heterocycles. The lowest BCUT2D eigenvalue weighted by Gasteiger charge is -2.34. The maximum atomic E-state index is 12.4. The first kappa shape index (κ1) is 15.2. The minimum absolute atomic E-state index is 0.0304. The molecule has 1 aliphatic heterocycles. The van der Waals surface area contributed by atoms with Crippen LogP contribution in [-0.4, -0.2) is 71.5 Å². The molecule has 2 rings (SSSR count). The second kappa shape index (κ2) is 6.53. The Morgan fingerprint density at radius 2 is 2.00 bits per heavy atom. The molecule has 2 N–H and O–H groups in total. The van der Waals surface area contributed by atoms with Gasteiger partial charge < -0.3 is 15.3 Å². The van der Waals surface area contributed by atoms with Crippen molar-refractivity contribution >= 4 is 11.8 Å². The van der Waals surface area contributed by atoms with Crippen molar-refractivity contribution in [3.63, 3.8) is 0 Å². The Morgan fingerprint density at radius 3 is 2.62 bits per heavy atom. The van der Waals surface area contributed by atoms with Crippen molar-refractivity contribution in [2.45, 2.75) is 6.92 Å². The number of aromatic nitrogens is 1. The van der Waals surface area contributed by atoms with Crippen LogP contribution in [0.2, 0.25) is 0 Å². The second-order valence-corrected chi connectivity index (χ2v) is 5.08. The van der Waals surface area contributed by atoms with Crippen molar-refractivity contribution in [3.05, 3.63) is 23.5 Å². The van der Waals surface area contributed by atoms with Crippen molar-refractivity contribution in [2.75, 3.05) is 39.8 Å². The lowest BCUT2D eigenvalue weighted by atomic mass is 10.1. The maximum Gasteiger partial charge on any atom is 0.257 e. The predicted molar refractivity (Wildman–Crippen MR) is 77.0 cm³/mol. The zero-order valence-corrected chi connectivity index (χ0v) is 12.3. The van der Waals surface area contributed by atoms with E-state index in [0.717, 1.165) is 0 Å². The Hall–Kier alpha value is -2.15. The number of carbonyl (C=O) groups is 2. The molecule has 0 radical (unpaired) electrons. The van der Waals surface area contributed by atoms with Crippen LogP contribution in [0.4, 0.5) is 0 Å². The molecule has 0 bridgehead atoms. The minimum atomic E-state index is -0.197. The number of hydrogen-bond acceptors (Lipinski definition) is 5. The normalized spacial score (nSPS) is 15.8. The summed E-state index contributed by atoms with van der Waals surface area (Å²) >= 11 is 0. The van der Waals surface area contributed by atoms with Gasteiger partial charge in [0, 0.05) is 38.9 Å². The van der Waals surface area contributed by atoms with Gasteiger partial charge in [-0.3, -0.25) is 19.5 Å². The highest BCUT2D eigenvalue weighted by atomic mass is 16.3. The van der Waals surface area contributed by atoms with E-state index in [1.165, 1.54) is 6.20 Å². The first-order valence-corrected chi connectivity index (χ1v) is 6.89. The molecule has 1 aliphatic rings. The Kier molecular flexibility index (Phi) is 4.74. The van der Waals surface area contributed by atoms with Crippen LogP contribution in [0.3, 0.4) is 0 Å². The van der Waals surface area contributed by atoms with Gasteiger partial charge in [-0.05, 0) is 13.0 Å². The quantitative estimate of drug-likeness (QED) is 0.792. The van der Waals surface area contributed by atoms with E-state index in [9.17, 15) is 14.7 Å². The molecule has 1 aromatic heterocycles. The fourth-order valence-corrected chi connectivity index (χ4v) is 2.29. The number of nitrogens with one attached hydrogen (secondary N) is 1. The van der Waals surface area contributed by atoms with Crippen LogP contribution in [0.25, 0.3) is 0 Å². The molecule has 7 heteroatoms. The van der Waals surface area contributed by atoms with Gasteiger partial charge in [0.2, 0.25) is 5.91 Å². The van der Waals surface area contributed by atoms with Crippen molar-refractivity contribution < 1.29 is 14.7 Å². The number of aryl methyl sites for hydroxylation is 1. The lowest BCUT2D eigenvalue weighted by molar-refractivity contribution is -0.122. The zero-order chi connectivity index (χ0) is 15.4. The number of carbonyl (C=O) groups excluding carboxylic acids is 2. The second-order valence-electron chi connectivity index (χ2n) is 5.08. The van der Waals surface area contributed by atoms with Crippen molar-refractivity contribution in [3.8, 4) is 5.75 Å². The predicted octanol–water partition coefficient (Wildman–Crippen LogP) is -0.401. The lowest BCUT2D eigenvalue weighted by Crippen LogP contribution is -2.50. The van der Waals surface area contributed by atoms with Crippen LogP contribution in [0.5, 0.6) is 5.75 Å². The topological polar surface area (TPSA) is 85.8 Å². The van der Waals surface area contributed by atoms with Gasteiger partial charge in [-0.25, -0.2) is 0 Å². The van der Waals surface area contributed by atoms with Crippen LogP contribution in [0.15, 0.2) is 12.3 Å². The Balaban J connectivity index is 1.97. The van der Waals surface area contributed by atoms with Gasteiger partial charge in [-0.2, -0.15) is 0 Å². The molecule has 2 amide bonds. The van der Waals surface area contributed by atoms with E-state index in [-0.39, 0.29) is 23.1 Å². The minimum Gasteiger partial charge on any atom is -0.505 e. The molecular formula is C14H20N4O3. The van der Waals surface area contributed by atoms with Gasteiger partial charge in [-0.15, -0.1) is 0 Å². The third kappa shape index (κ3) is 3.69. The summed E-state index contributed by atoms with van der Waals surface area (Å²) in [6, 6.07) is 1.59. The van der Waals surface area contributed by atoms with E-state index in [4.69, 9.17) is 0 Å². The highest BCUT2D eigenvalue weighted by Gasteiger charge is 2.24. The van der Waals surface area contributed by atoms with Crippen LogP contribution < -0.4 is 5.32 Å².